The van der Waals surface area contributed by atoms with Crippen LogP contribution in [-0.2, 0) is 10.0 Å². The molecule has 0 aliphatic heterocycles. The molecular weight excluding hydrogens is 430 g/mol. The Balaban J connectivity index is 1.78. The summed E-state index contributed by atoms with van der Waals surface area (Å²) in [5.74, 6) is -1.24. The van der Waals surface area contributed by atoms with Crippen molar-refractivity contribution in [3.8, 4) is 5.88 Å². The molecule has 0 fully saturated rings. The third-order valence-corrected chi connectivity index (χ3v) is 5.29. The lowest BCUT2D eigenvalue weighted by Crippen LogP contribution is -2.16. The average Bonchev–Trinajstić information content (AvgIpc) is 3.12. The molecule has 0 bridgehead atoms. The zero-order valence-corrected chi connectivity index (χ0v) is 17.3. The number of anilines is 2. The number of aryl methyl sites for hydroxylation is 2. The quantitative estimate of drug-likeness (QED) is 0.359. The van der Waals surface area contributed by atoms with Crippen LogP contribution in [-0.4, -0.2) is 46.5 Å². The van der Waals surface area contributed by atoms with Crippen LogP contribution >= 0.6 is 0 Å². The molecule has 1 amide bonds. The van der Waals surface area contributed by atoms with E-state index in [9.17, 15) is 23.3 Å². The Morgan fingerprint density at radius 3 is 2.32 bits per heavy atom. The van der Waals surface area contributed by atoms with E-state index in [1.54, 1.807) is 19.9 Å². The van der Waals surface area contributed by atoms with Crippen LogP contribution in [0.5, 0.6) is 5.88 Å². The molecule has 31 heavy (non-hydrogen) atoms. The smallest absolute Gasteiger partial charge is 0.362 e. The van der Waals surface area contributed by atoms with Gasteiger partial charge in [-0.1, -0.05) is 0 Å². The van der Waals surface area contributed by atoms with Crippen LogP contribution in [0.3, 0.4) is 0 Å². The van der Waals surface area contributed by atoms with Gasteiger partial charge < -0.3 is 10.1 Å². The van der Waals surface area contributed by atoms with Gasteiger partial charge in [0.05, 0.1) is 16.9 Å². The summed E-state index contributed by atoms with van der Waals surface area (Å²) in [7, 11) is -2.79. The van der Waals surface area contributed by atoms with E-state index in [1.165, 1.54) is 31.4 Å². The van der Waals surface area contributed by atoms with Crippen molar-refractivity contribution in [2.24, 2.45) is 0 Å². The van der Waals surface area contributed by atoms with Gasteiger partial charge in [0.2, 0.25) is 11.6 Å². The monoisotopic (exact) mass is 447 g/mol. The zero-order valence-electron chi connectivity index (χ0n) is 16.5. The maximum absolute atomic E-state index is 12.6. The molecule has 162 valence electrons. The van der Waals surface area contributed by atoms with Gasteiger partial charge >= 0.3 is 11.6 Å². The fourth-order valence-electron chi connectivity index (χ4n) is 2.65. The van der Waals surface area contributed by atoms with Crippen molar-refractivity contribution in [2.75, 3.05) is 17.1 Å². The molecule has 0 saturated carbocycles. The first-order valence-corrected chi connectivity index (χ1v) is 10.1. The van der Waals surface area contributed by atoms with Crippen LogP contribution in [0, 0.1) is 24.0 Å². The summed E-state index contributed by atoms with van der Waals surface area (Å²) in [5, 5.41) is 19.4. The fraction of sp³-hybridized carbons (Fsp3) is 0.176. The van der Waals surface area contributed by atoms with E-state index in [-0.39, 0.29) is 22.4 Å². The van der Waals surface area contributed by atoms with Gasteiger partial charge in [-0.3, -0.25) is 20.0 Å². The minimum absolute atomic E-state index is 0.0598. The van der Waals surface area contributed by atoms with E-state index in [0.717, 1.165) is 0 Å². The fourth-order valence-corrected chi connectivity index (χ4v) is 3.60. The summed E-state index contributed by atoms with van der Waals surface area (Å²) in [5.41, 5.74) is 0.388. The van der Waals surface area contributed by atoms with E-state index in [1.807, 2.05) is 0 Å². The number of hydrogen-bond acceptors (Lipinski definition) is 9. The number of carbonyl (C=O) groups excluding carboxylic acids is 1. The van der Waals surface area contributed by atoms with Crippen LogP contribution < -0.4 is 14.8 Å². The molecule has 13 nitrogen and oxygen atoms in total. The molecule has 0 spiro atoms. The van der Waals surface area contributed by atoms with Crippen LogP contribution in [0.25, 0.3) is 0 Å². The lowest BCUT2D eigenvalue weighted by Gasteiger charge is -2.09. The van der Waals surface area contributed by atoms with Gasteiger partial charge in [-0.05, 0) is 44.2 Å². The Morgan fingerprint density at radius 2 is 1.77 bits per heavy atom. The van der Waals surface area contributed by atoms with E-state index < -0.39 is 32.2 Å². The molecule has 0 aliphatic rings. The summed E-state index contributed by atoms with van der Waals surface area (Å²) in [4.78, 5) is 30.7. The first kappa shape index (κ1) is 21.6. The highest BCUT2D eigenvalue weighted by molar-refractivity contribution is 7.92. The Hall–Kier alpha value is -4.07. The maximum Gasteiger partial charge on any atom is 0.362 e. The number of sulfonamides is 1. The Labute approximate surface area is 176 Å². The van der Waals surface area contributed by atoms with Crippen LogP contribution in [0.1, 0.15) is 21.9 Å². The zero-order chi connectivity index (χ0) is 22.8. The molecule has 0 unspecified atom stereocenters. The molecule has 0 aliphatic carbocycles. The molecule has 3 aromatic rings. The molecule has 0 atom stereocenters. The van der Waals surface area contributed by atoms with Crippen molar-refractivity contribution < 1.29 is 22.9 Å². The summed E-state index contributed by atoms with van der Waals surface area (Å²) in [6, 6.07) is 6.86. The maximum atomic E-state index is 12.6. The number of rotatable bonds is 7. The molecule has 2 heterocycles. The average molecular weight is 447 g/mol. The van der Waals surface area contributed by atoms with E-state index >= 15 is 0 Å². The first-order chi connectivity index (χ1) is 14.6. The van der Waals surface area contributed by atoms with Gasteiger partial charge in [0, 0.05) is 17.1 Å². The highest BCUT2D eigenvalue weighted by Crippen LogP contribution is 2.28. The first-order valence-electron chi connectivity index (χ1n) is 8.64. The predicted octanol–water partition coefficient (Wildman–Crippen LogP) is 1.79. The number of nitrogens with one attached hydrogen (secondary N) is 3. The van der Waals surface area contributed by atoms with Crippen molar-refractivity contribution in [3.05, 3.63) is 57.5 Å². The lowest BCUT2D eigenvalue weighted by atomic mass is 10.3. The minimum Gasteiger partial charge on any atom is -0.475 e. The molecule has 0 saturated heterocycles. The van der Waals surface area contributed by atoms with Crippen LogP contribution in [0.4, 0.5) is 17.3 Å². The summed E-state index contributed by atoms with van der Waals surface area (Å²) < 4.78 is 32.2. The van der Waals surface area contributed by atoms with Gasteiger partial charge in [-0.25, -0.2) is 23.1 Å². The standard InChI is InChI=1S/C17H17N7O6S/c1-9-8-10(2)19-17(18-9)23-31(28,29)12-6-4-11(5-7-12)20-15(25)13-14(24(26)27)16(30-3)22-21-13/h4-8H,1-3H3,(H,20,25)(H,21,22)(H,18,19,23). The third-order valence-electron chi connectivity index (χ3n) is 3.94. The Morgan fingerprint density at radius 1 is 1.16 bits per heavy atom. The number of hydrogen-bond donors (Lipinski definition) is 3. The van der Waals surface area contributed by atoms with Gasteiger partial charge in [0.15, 0.2) is 0 Å². The highest BCUT2D eigenvalue weighted by atomic mass is 32.2. The second-order valence-corrected chi connectivity index (χ2v) is 7.95. The van der Waals surface area contributed by atoms with Crippen LogP contribution in [0.2, 0.25) is 0 Å². The van der Waals surface area contributed by atoms with Crippen molar-refractivity contribution in [2.45, 2.75) is 18.7 Å². The number of benzene rings is 1. The van der Waals surface area contributed by atoms with Crippen molar-refractivity contribution >= 4 is 33.3 Å². The van der Waals surface area contributed by atoms with Gasteiger partial charge in [0.1, 0.15) is 0 Å². The van der Waals surface area contributed by atoms with E-state index in [0.29, 0.717) is 11.4 Å². The molecule has 2 aromatic heterocycles. The number of aromatic nitrogens is 4. The second-order valence-electron chi connectivity index (χ2n) is 6.27. The Kier molecular flexibility index (Phi) is 5.83. The van der Waals surface area contributed by atoms with Crippen LogP contribution in [0.15, 0.2) is 35.2 Å². The number of ether oxygens (including phenoxy) is 1. The predicted molar refractivity (Wildman–Crippen MR) is 109 cm³/mol. The number of H-pyrrole nitrogens is 1. The molecular formula is C17H17N7O6S. The number of nitro groups is 1. The molecule has 14 heteroatoms. The number of amides is 1. The third kappa shape index (κ3) is 4.75. The molecule has 3 rings (SSSR count). The van der Waals surface area contributed by atoms with Crippen molar-refractivity contribution in [1.82, 2.24) is 20.2 Å². The van der Waals surface area contributed by atoms with Gasteiger partial charge in [-0.15, -0.1) is 5.10 Å². The minimum atomic E-state index is -3.97. The van der Waals surface area contributed by atoms with E-state index in [4.69, 9.17) is 4.74 Å². The number of methoxy groups -OCH3 is 1. The van der Waals surface area contributed by atoms with Crippen molar-refractivity contribution in [1.29, 1.82) is 0 Å². The largest absolute Gasteiger partial charge is 0.475 e. The lowest BCUT2D eigenvalue weighted by molar-refractivity contribution is -0.386. The van der Waals surface area contributed by atoms with Gasteiger partial charge in [-0.2, -0.15) is 0 Å². The highest BCUT2D eigenvalue weighted by Gasteiger charge is 2.30. The van der Waals surface area contributed by atoms with Gasteiger partial charge in [0.25, 0.3) is 15.9 Å². The summed E-state index contributed by atoms with van der Waals surface area (Å²) in [6.45, 7) is 3.42. The summed E-state index contributed by atoms with van der Waals surface area (Å²) >= 11 is 0. The molecule has 3 N–H and O–H groups in total. The van der Waals surface area contributed by atoms with E-state index in [2.05, 4.69) is 30.2 Å². The number of carbonyl (C=O) groups is 1. The topological polar surface area (TPSA) is 182 Å². The SMILES string of the molecule is COc1n[nH]c(C(=O)Nc2ccc(S(=O)(=O)Nc3nc(C)cc(C)n3)cc2)c1[N+](=O)[O-]. The number of aromatic amines is 1. The normalized spacial score (nSPS) is 11.1. The molecule has 1 aromatic carbocycles. The second kappa shape index (κ2) is 8.35. The van der Waals surface area contributed by atoms with Crippen molar-refractivity contribution in [3.63, 3.8) is 0 Å². The number of nitrogens with zero attached hydrogens (tertiary/aromatic N) is 4. The molecule has 0 radical (unpaired) electrons. The Bertz CT molecular complexity index is 1230. The summed E-state index contributed by atoms with van der Waals surface area (Å²) in [6.07, 6.45) is 0.